The number of nitrogens with two attached hydrogens (primary N) is 1. The predicted octanol–water partition coefficient (Wildman–Crippen LogP) is 2.04. The topological polar surface area (TPSA) is 62.0 Å². The van der Waals surface area contributed by atoms with E-state index in [9.17, 15) is 13.9 Å². The molecule has 0 amide bonds. The average molecular weight is 226 g/mol. The van der Waals surface area contributed by atoms with Crippen LogP contribution in [0.5, 0.6) is 5.75 Å². The molecule has 1 heterocycles. The molecule has 3 nitrogen and oxygen atoms in total. The summed E-state index contributed by atoms with van der Waals surface area (Å²) in [5, 5.41) is 9.39. The standard InChI is InChI=1S/C11H12F2N2O/c1-5(14)2-6-4-15-8-3-7(12)11(16)10(13)9(6)8/h3-5,15-16H,2,14H2,1H3. The van der Waals surface area contributed by atoms with Crippen LogP contribution in [0.15, 0.2) is 12.3 Å². The molecule has 0 saturated carbocycles. The number of rotatable bonds is 2. The van der Waals surface area contributed by atoms with Crippen LogP contribution < -0.4 is 5.73 Å². The quantitative estimate of drug-likeness (QED) is 0.733. The molecule has 1 aromatic heterocycles. The first kappa shape index (κ1) is 10.9. The van der Waals surface area contributed by atoms with Crippen molar-refractivity contribution in [1.29, 1.82) is 0 Å². The van der Waals surface area contributed by atoms with Crippen molar-refractivity contribution in [1.82, 2.24) is 4.98 Å². The molecule has 5 heteroatoms. The molecule has 2 rings (SSSR count). The Kier molecular flexibility index (Phi) is 2.55. The smallest absolute Gasteiger partial charge is 0.188 e. The van der Waals surface area contributed by atoms with Crippen LogP contribution in [-0.2, 0) is 6.42 Å². The fourth-order valence-corrected chi connectivity index (χ4v) is 1.78. The highest BCUT2D eigenvalue weighted by atomic mass is 19.1. The van der Waals surface area contributed by atoms with E-state index in [1.807, 2.05) is 0 Å². The lowest BCUT2D eigenvalue weighted by Gasteiger charge is -2.05. The third-order valence-corrected chi connectivity index (χ3v) is 2.46. The Morgan fingerprint density at radius 2 is 2.19 bits per heavy atom. The van der Waals surface area contributed by atoms with Crippen molar-refractivity contribution >= 4 is 10.9 Å². The molecule has 0 bridgehead atoms. The van der Waals surface area contributed by atoms with Gasteiger partial charge in [0, 0.05) is 23.7 Å². The van der Waals surface area contributed by atoms with Gasteiger partial charge in [-0.05, 0) is 18.9 Å². The molecule has 0 aliphatic heterocycles. The number of hydrogen-bond acceptors (Lipinski definition) is 2. The number of phenolic OH excluding ortho intramolecular Hbond substituents is 1. The summed E-state index contributed by atoms with van der Waals surface area (Å²) >= 11 is 0. The number of hydrogen-bond donors (Lipinski definition) is 3. The minimum Gasteiger partial charge on any atom is -0.503 e. The molecular formula is C11H12F2N2O. The Morgan fingerprint density at radius 1 is 1.50 bits per heavy atom. The maximum absolute atomic E-state index is 13.7. The van der Waals surface area contributed by atoms with E-state index in [1.54, 1.807) is 13.1 Å². The van der Waals surface area contributed by atoms with Crippen molar-refractivity contribution in [3.05, 3.63) is 29.5 Å². The predicted molar refractivity (Wildman–Crippen MR) is 57.2 cm³/mol. The first-order valence-electron chi connectivity index (χ1n) is 4.93. The van der Waals surface area contributed by atoms with Crippen LogP contribution in [0.4, 0.5) is 8.78 Å². The minimum absolute atomic E-state index is 0.134. The van der Waals surface area contributed by atoms with Crippen LogP contribution in [0.1, 0.15) is 12.5 Å². The first-order chi connectivity index (χ1) is 7.50. The van der Waals surface area contributed by atoms with Gasteiger partial charge < -0.3 is 15.8 Å². The van der Waals surface area contributed by atoms with Crippen molar-refractivity contribution in [3.8, 4) is 5.75 Å². The van der Waals surface area contributed by atoms with Crippen LogP contribution in [0.3, 0.4) is 0 Å². The zero-order chi connectivity index (χ0) is 11.9. The molecule has 2 aromatic rings. The van der Waals surface area contributed by atoms with Gasteiger partial charge in [0.1, 0.15) is 0 Å². The molecule has 0 saturated heterocycles. The normalized spacial score (nSPS) is 13.2. The molecule has 0 fully saturated rings. The van der Waals surface area contributed by atoms with Crippen molar-refractivity contribution in [2.75, 3.05) is 0 Å². The summed E-state index contributed by atoms with van der Waals surface area (Å²) in [5.41, 5.74) is 6.58. The Labute approximate surface area is 90.9 Å². The van der Waals surface area contributed by atoms with E-state index >= 15 is 0 Å². The van der Waals surface area contributed by atoms with Crippen molar-refractivity contribution in [2.24, 2.45) is 5.73 Å². The number of H-pyrrole nitrogens is 1. The fourth-order valence-electron chi connectivity index (χ4n) is 1.78. The number of fused-ring (bicyclic) bond motifs is 1. The molecule has 4 N–H and O–H groups in total. The molecule has 1 aromatic carbocycles. The summed E-state index contributed by atoms with van der Waals surface area (Å²) in [5.74, 6) is -2.86. The molecule has 0 aliphatic carbocycles. The van der Waals surface area contributed by atoms with Gasteiger partial charge in [-0.25, -0.2) is 8.78 Å². The SMILES string of the molecule is CC(N)Cc1c[nH]c2cc(F)c(O)c(F)c12. The van der Waals surface area contributed by atoms with Crippen LogP contribution in [-0.4, -0.2) is 16.1 Å². The van der Waals surface area contributed by atoms with E-state index in [2.05, 4.69) is 4.98 Å². The van der Waals surface area contributed by atoms with E-state index in [4.69, 9.17) is 5.73 Å². The second-order valence-corrected chi connectivity index (χ2v) is 3.94. The third kappa shape index (κ3) is 1.63. The number of halogens is 2. The van der Waals surface area contributed by atoms with E-state index < -0.39 is 17.4 Å². The molecule has 0 aliphatic rings. The molecule has 16 heavy (non-hydrogen) atoms. The molecule has 0 radical (unpaired) electrons. The lowest BCUT2D eigenvalue weighted by atomic mass is 10.1. The number of aromatic hydroxyl groups is 1. The minimum atomic E-state index is -0.973. The van der Waals surface area contributed by atoms with E-state index in [0.717, 1.165) is 6.07 Å². The Morgan fingerprint density at radius 3 is 2.81 bits per heavy atom. The molecule has 1 atom stereocenters. The van der Waals surface area contributed by atoms with E-state index in [0.29, 0.717) is 17.5 Å². The van der Waals surface area contributed by atoms with Crippen molar-refractivity contribution in [2.45, 2.75) is 19.4 Å². The number of benzene rings is 1. The molecule has 86 valence electrons. The van der Waals surface area contributed by atoms with Gasteiger partial charge in [0.2, 0.25) is 0 Å². The lowest BCUT2D eigenvalue weighted by molar-refractivity contribution is 0.400. The second-order valence-electron chi connectivity index (χ2n) is 3.94. The second kappa shape index (κ2) is 3.75. The number of aromatic nitrogens is 1. The molecule has 0 spiro atoms. The van der Waals surface area contributed by atoms with Gasteiger partial charge in [0.05, 0.1) is 5.52 Å². The fraction of sp³-hybridized carbons (Fsp3) is 0.273. The summed E-state index contributed by atoms with van der Waals surface area (Å²) in [6.07, 6.45) is 2.04. The third-order valence-electron chi connectivity index (χ3n) is 2.46. The monoisotopic (exact) mass is 226 g/mol. The zero-order valence-corrected chi connectivity index (χ0v) is 8.72. The van der Waals surface area contributed by atoms with Crippen LogP contribution >= 0.6 is 0 Å². The zero-order valence-electron chi connectivity index (χ0n) is 8.72. The maximum atomic E-state index is 13.7. The molecule has 1 unspecified atom stereocenters. The van der Waals surface area contributed by atoms with Crippen LogP contribution in [0.2, 0.25) is 0 Å². The first-order valence-corrected chi connectivity index (χ1v) is 4.93. The number of phenols is 1. The van der Waals surface area contributed by atoms with E-state index in [1.165, 1.54) is 0 Å². The highest BCUT2D eigenvalue weighted by Crippen LogP contribution is 2.31. The Balaban J connectivity index is 2.66. The van der Waals surface area contributed by atoms with Gasteiger partial charge in [0.25, 0.3) is 0 Å². The highest BCUT2D eigenvalue weighted by molar-refractivity contribution is 5.85. The summed E-state index contributed by atoms with van der Waals surface area (Å²) in [7, 11) is 0. The largest absolute Gasteiger partial charge is 0.503 e. The maximum Gasteiger partial charge on any atom is 0.188 e. The van der Waals surface area contributed by atoms with Crippen LogP contribution in [0, 0.1) is 11.6 Å². The van der Waals surface area contributed by atoms with Crippen molar-refractivity contribution < 1.29 is 13.9 Å². The van der Waals surface area contributed by atoms with Crippen LogP contribution in [0.25, 0.3) is 10.9 Å². The number of aromatic amines is 1. The van der Waals surface area contributed by atoms with Gasteiger partial charge in [0.15, 0.2) is 17.4 Å². The van der Waals surface area contributed by atoms with Gasteiger partial charge in [-0.2, -0.15) is 0 Å². The Bertz CT molecular complexity index is 534. The summed E-state index contributed by atoms with van der Waals surface area (Å²) in [6.45, 7) is 1.79. The van der Waals surface area contributed by atoms with Gasteiger partial charge in [-0.1, -0.05) is 0 Å². The summed E-state index contributed by atoms with van der Waals surface area (Å²) in [4.78, 5) is 2.76. The number of nitrogens with one attached hydrogen (secondary N) is 1. The highest BCUT2D eigenvalue weighted by Gasteiger charge is 2.17. The Hall–Kier alpha value is -1.62. The van der Waals surface area contributed by atoms with Gasteiger partial charge in [-0.15, -0.1) is 0 Å². The summed E-state index contributed by atoms with van der Waals surface area (Å²) < 4.78 is 26.7. The van der Waals surface area contributed by atoms with Gasteiger partial charge >= 0.3 is 0 Å². The average Bonchev–Trinajstić information content (AvgIpc) is 2.57. The lowest BCUT2D eigenvalue weighted by Crippen LogP contribution is -2.17. The molecular weight excluding hydrogens is 214 g/mol. The van der Waals surface area contributed by atoms with Gasteiger partial charge in [-0.3, -0.25) is 0 Å². The summed E-state index contributed by atoms with van der Waals surface area (Å²) in [6, 6.07) is 0.934. The van der Waals surface area contributed by atoms with Crippen molar-refractivity contribution in [3.63, 3.8) is 0 Å². The van der Waals surface area contributed by atoms with E-state index in [-0.39, 0.29) is 11.4 Å².